The van der Waals surface area contributed by atoms with Crippen LogP contribution in [0.3, 0.4) is 0 Å². The fourth-order valence-electron chi connectivity index (χ4n) is 0.625. The van der Waals surface area contributed by atoms with Crippen LogP contribution in [-0.2, 0) is 9.09 Å². The standard InChI is InChI=1S/C6H15O4PS2/c1-5(2)6(13-12-3)4-10-11(7,8)9/h5-6H,4H2,1-3H3,(H2,7,8,9)/t6-/m1/s1. The molecule has 0 radical (unpaired) electrons. The predicted octanol–water partition coefficient (Wildman–Crippen LogP) is 2.13. The van der Waals surface area contributed by atoms with E-state index in [2.05, 4.69) is 4.52 Å². The van der Waals surface area contributed by atoms with Crippen LogP contribution < -0.4 is 0 Å². The second-order valence-electron chi connectivity index (χ2n) is 2.83. The highest BCUT2D eigenvalue weighted by atomic mass is 33.1. The van der Waals surface area contributed by atoms with Crippen molar-refractivity contribution in [2.75, 3.05) is 12.9 Å². The van der Waals surface area contributed by atoms with Crippen LogP contribution in [0, 0.1) is 5.92 Å². The number of hydrogen-bond donors (Lipinski definition) is 2. The Hall–Kier alpha value is 0.810. The summed E-state index contributed by atoms with van der Waals surface area (Å²) < 4.78 is 14.9. The fraction of sp³-hybridized carbons (Fsp3) is 1.00. The summed E-state index contributed by atoms with van der Waals surface area (Å²) in [6.45, 7) is 4.08. The largest absolute Gasteiger partial charge is 0.469 e. The van der Waals surface area contributed by atoms with E-state index in [0.29, 0.717) is 5.92 Å². The summed E-state index contributed by atoms with van der Waals surface area (Å²) in [4.78, 5) is 17.0. The third kappa shape index (κ3) is 7.85. The molecule has 0 aliphatic carbocycles. The molecule has 0 aromatic rings. The molecule has 13 heavy (non-hydrogen) atoms. The molecule has 7 heteroatoms. The Kier molecular flexibility index (Phi) is 6.72. The van der Waals surface area contributed by atoms with Gasteiger partial charge in [-0.1, -0.05) is 35.4 Å². The van der Waals surface area contributed by atoms with Crippen molar-refractivity contribution in [2.24, 2.45) is 5.92 Å². The van der Waals surface area contributed by atoms with Crippen LogP contribution in [0.4, 0.5) is 0 Å². The molecule has 0 rings (SSSR count). The molecule has 0 heterocycles. The van der Waals surface area contributed by atoms with E-state index in [0.717, 1.165) is 0 Å². The second-order valence-corrected chi connectivity index (χ2v) is 6.78. The lowest BCUT2D eigenvalue weighted by Crippen LogP contribution is -2.16. The summed E-state index contributed by atoms with van der Waals surface area (Å²) in [5.74, 6) is 0.337. The molecule has 1 atom stereocenters. The van der Waals surface area contributed by atoms with Crippen LogP contribution in [0.15, 0.2) is 0 Å². The third-order valence-electron chi connectivity index (χ3n) is 1.37. The van der Waals surface area contributed by atoms with Crippen LogP contribution in [-0.4, -0.2) is 27.9 Å². The van der Waals surface area contributed by atoms with Gasteiger partial charge < -0.3 is 9.79 Å². The number of rotatable bonds is 6. The van der Waals surface area contributed by atoms with Gasteiger partial charge in [0, 0.05) is 5.25 Å². The van der Waals surface area contributed by atoms with E-state index in [1.165, 1.54) is 0 Å². The average Bonchev–Trinajstić information content (AvgIpc) is 1.95. The summed E-state index contributed by atoms with van der Waals surface area (Å²) in [6, 6.07) is 0. The molecule has 4 nitrogen and oxygen atoms in total. The monoisotopic (exact) mass is 246 g/mol. The number of phosphoric ester groups is 1. The first-order valence-electron chi connectivity index (χ1n) is 3.76. The van der Waals surface area contributed by atoms with Crippen molar-refractivity contribution < 1.29 is 18.9 Å². The highest BCUT2D eigenvalue weighted by Gasteiger charge is 2.20. The topological polar surface area (TPSA) is 66.8 Å². The average molecular weight is 246 g/mol. The minimum absolute atomic E-state index is 0.0907. The molecule has 0 aliphatic heterocycles. The second kappa shape index (κ2) is 6.32. The Bertz CT molecular complexity index is 181. The molecule has 0 spiro atoms. The lowest BCUT2D eigenvalue weighted by molar-refractivity contribution is 0.191. The van der Waals surface area contributed by atoms with Gasteiger partial charge in [-0.2, -0.15) is 0 Å². The Labute approximate surface area is 86.5 Å². The molecule has 0 bridgehead atoms. The predicted molar refractivity (Wildman–Crippen MR) is 57.7 cm³/mol. The summed E-state index contributed by atoms with van der Waals surface area (Å²) in [6.07, 6.45) is 1.93. The van der Waals surface area contributed by atoms with E-state index in [9.17, 15) is 4.57 Å². The lowest BCUT2D eigenvalue weighted by Gasteiger charge is -2.18. The van der Waals surface area contributed by atoms with E-state index < -0.39 is 7.82 Å². The lowest BCUT2D eigenvalue weighted by atomic mass is 10.1. The first-order chi connectivity index (χ1) is 5.87. The van der Waals surface area contributed by atoms with Crippen molar-refractivity contribution in [1.82, 2.24) is 0 Å². The van der Waals surface area contributed by atoms with Crippen molar-refractivity contribution in [2.45, 2.75) is 19.1 Å². The molecule has 0 aromatic heterocycles. The fourth-order valence-corrected chi connectivity index (χ4v) is 3.25. The maximum Gasteiger partial charge on any atom is 0.469 e. The maximum absolute atomic E-state index is 10.4. The van der Waals surface area contributed by atoms with E-state index >= 15 is 0 Å². The van der Waals surface area contributed by atoms with Crippen molar-refractivity contribution in [1.29, 1.82) is 0 Å². The van der Waals surface area contributed by atoms with Gasteiger partial charge in [-0.15, -0.1) is 0 Å². The van der Waals surface area contributed by atoms with Gasteiger partial charge in [0.1, 0.15) is 0 Å². The zero-order chi connectivity index (χ0) is 10.5. The summed E-state index contributed by atoms with van der Waals surface area (Å²) in [5, 5.41) is 0.114. The van der Waals surface area contributed by atoms with Gasteiger partial charge in [0.25, 0.3) is 0 Å². The van der Waals surface area contributed by atoms with Crippen LogP contribution in [0.25, 0.3) is 0 Å². The molecule has 0 saturated carbocycles. The van der Waals surface area contributed by atoms with E-state index in [4.69, 9.17) is 9.79 Å². The third-order valence-corrected chi connectivity index (χ3v) is 4.29. The first kappa shape index (κ1) is 13.8. The van der Waals surface area contributed by atoms with Crippen LogP contribution >= 0.6 is 29.4 Å². The smallest absolute Gasteiger partial charge is 0.303 e. The maximum atomic E-state index is 10.4. The van der Waals surface area contributed by atoms with E-state index in [1.807, 2.05) is 20.1 Å². The van der Waals surface area contributed by atoms with Crippen LogP contribution in [0.1, 0.15) is 13.8 Å². The summed E-state index contributed by atoms with van der Waals surface area (Å²) >= 11 is 0. The molecular formula is C6H15O4PS2. The van der Waals surface area contributed by atoms with E-state index in [1.54, 1.807) is 21.6 Å². The Balaban J connectivity index is 3.90. The molecule has 80 valence electrons. The number of phosphoric acid groups is 1. The van der Waals surface area contributed by atoms with Crippen molar-refractivity contribution in [3.8, 4) is 0 Å². The van der Waals surface area contributed by atoms with Gasteiger partial charge >= 0.3 is 7.82 Å². The minimum Gasteiger partial charge on any atom is -0.303 e. The van der Waals surface area contributed by atoms with Crippen molar-refractivity contribution >= 4 is 29.4 Å². The first-order valence-corrected chi connectivity index (χ1v) is 7.91. The quantitative estimate of drug-likeness (QED) is 0.553. The van der Waals surface area contributed by atoms with Crippen molar-refractivity contribution in [3.63, 3.8) is 0 Å². The molecule has 0 unspecified atom stereocenters. The highest BCUT2D eigenvalue weighted by molar-refractivity contribution is 8.76. The van der Waals surface area contributed by atoms with Gasteiger partial charge in [0.2, 0.25) is 0 Å². The van der Waals surface area contributed by atoms with E-state index in [-0.39, 0.29) is 11.9 Å². The molecule has 0 amide bonds. The van der Waals surface area contributed by atoms with Gasteiger partial charge in [-0.25, -0.2) is 4.57 Å². The van der Waals surface area contributed by atoms with Gasteiger partial charge in [-0.3, -0.25) is 4.52 Å². The Morgan fingerprint density at radius 1 is 1.46 bits per heavy atom. The van der Waals surface area contributed by atoms with Crippen molar-refractivity contribution in [3.05, 3.63) is 0 Å². The molecule has 0 aromatic carbocycles. The Morgan fingerprint density at radius 2 is 2.00 bits per heavy atom. The SMILES string of the molecule is CSS[C@H](COP(=O)(O)O)C(C)C. The molecule has 0 aliphatic rings. The zero-order valence-electron chi connectivity index (χ0n) is 7.84. The molecular weight excluding hydrogens is 231 g/mol. The normalized spacial score (nSPS) is 14.9. The van der Waals surface area contributed by atoms with Crippen LogP contribution in [0.5, 0.6) is 0 Å². The number of hydrogen-bond acceptors (Lipinski definition) is 4. The van der Waals surface area contributed by atoms with Gasteiger partial charge in [-0.05, 0) is 12.2 Å². The molecule has 2 N–H and O–H groups in total. The minimum atomic E-state index is -4.31. The van der Waals surface area contributed by atoms with Gasteiger partial charge in [0.05, 0.1) is 6.61 Å². The summed E-state index contributed by atoms with van der Waals surface area (Å²) in [7, 11) is -1.16. The van der Waals surface area contributed by atoms with Crippen LogP contribution in [0.2, 0.25) is 0 Å². The Morgan fingerprint density at radius 3 is 2.31 bits per heavy atom. The summed E-state index contributed by atoms with van der Waals surface area (Å²) in [5.41, 5.74) is 0. The molecule has 0 saturated heterocycles. The zero-order valence-corrected chi connectivity index (χ0v) is 10.4. The van der Waals surface area contributed by atoms with Gasteiger partial charge in [0.15, 0.2) is 0 Å². The highest BCUT2D eigenvalue weighted by Crippen LogP contribution is 2.38. The molecule has 0 fully saturated rings.